The van der Waals surface area contributed by atoms with E-state index in [4.69, 9.17) is 26.1 Å². The minimum Gasteiger partial charge on any atom is -0.353 e. The molecule has 0 aliphatic carbocycles. The molecule has 1 atom stereocenters. The molecule has 4 rings (SSSR count). The van der Waals surface area contributed by atoms with Gasteiger partial charge in [0.15, 0.2) is 17.5 Å². The van der Waals surface area contributed by atoms with Crippen molar-refractivity contribution in [3.8, 4) is 0 Å². The Morgan fingerprint density at radius 1 is 1.18 bits per heavy atom. The van der Waals surface area contributed by atoms with E-state index in [0.717, 1.165) is 30.4 Å². The maximum absolute atomic E-state index is 13.9. The number of benzene rings is 1. The van der Waals surface area contributed by atoms with Gasteiger partial charge in [-0.15, -0.1) is 0 Å². The van der Waals surface area contributed by atoms with Crippen LogP contribution in [0.1, 0.15) is 50.9 Å². The number of allylic oxidation sites excluding steroid dienone is 5. The van der Waals surface area contributed by atoms with Gasteiger partial charge in [-0.05, 0) is 51.2 Å². The van der Waals surface area contributed by atoms with Crippen LogP contribution in [0, 0.1) is 0 Å². The predicted octanol–water partition coefficient (Wildman–Crippen LogP) is 5.07. The topological polar surface area (TPSA) is 80.3 Å². The lowest BCUT2D eigenvalue weighted by Crippen LogP contribution is -2.40. The van der Waals surface area contributed by atoms with E-state index >= 15 is 0 Å². The predicted molar refractivity (Wildman–Crippen MR) is 151 cm³/mol. The maximum Gasteiger partial charge on any atom is 0.332 e. The summed E-state index contributed by atoms with van der Waals surface area (Å²) >= 11 is 5.99. The third-order valence-electron chi connectivity index (χ3n) is 6.59. The van der Waals surface area contributed by atoms with Crippen molar-refractivity contribution in [3.63, 3.8) is 0 Å². The summed E-state index contributed by atoms with van der Waals surface area (Å²) < 4.78 is 16.2. The molecular formula is C29H35ClN4O4. The van der Waals surface area contributed by atoms with Crippen molar-refractivity contribution < 1.29 is 9.47 Å². The smallest absolute Gasteiger partial charge is 0.332 e. The largest absolute Gasteiger partial charge is 0.353 e. The highest BCUT2D eigenvalue weighted by Gasteiger charge is 2.22. The van der Waals surface area contributed by atoms with Gasteiger partial charge in [0.2, 0.25) is 0 Å². The lowest BCUT2D eigenvalue weighted by molar-refractivity contribution is -0.163. The number of aromatic nitrogens is 4. The zero-order valence-electron chi connectivity index (χ0n) is 22.1. The number of hydrogen-bond donors (Lipinski definition) is 0. The SMILES string of the molecule is C=C(Cl)/C=C\C(=C/C)c1nc2c(c(=O)n(CCCOC3CCCCO3)c(=O)n2CC)n1Cc1ccccc1. The zero-order chi connectivity index (χ0) is 27.1. The fourth-order valence-electron chi connectivity index (χ4n) is 4.67. The Balaban J connectivity index is 1.78. The van der Waals surface area contributed by atoms with Gasteiger partial charge in [0.25, 0.3) is 5.56 Å². The third kappa shape index (κ3) is 6.26. The second-order valence-corrected chi connectivity index (χ2v) is 9.69. The van der Waals surface area contributed by atoms with Crippen LogP contribution in [0.3, 0.4) is 0 Å². The fourth-order valence-corrected chi connectivity index (χ4v) is 4.74. The Morgan fingerprint density at radius 2 is 1.97 bits per heavy atom. The number of imidazole rings is 1. The van der Waals surface area contributed by atoms with Crippen molar-refractivity contribution in [1.29, 1.82) is 0 Å². The van der Waals surface area contributed by atoms with Crippen molar-refractivity contribution in [2.24, 2.45) is 0 Å². The van der Waals surface area contributed by atoms with Crippen LogP contribution < -0.4 is 11.2 Å². The molecule has 38 heavy (non-hydrogen) atoms. The van der Waals surface area contributed by atoms with Crippen molar-refractivity contribution in [2.45, 2.75) is 65.5 Å². The molecule has 3 aromatic rings. The van der Waals surface area contributed by atoms with E-state index in [0.29, 0.717) is 54.7 Å². The molecule has 9 heteroatoms. The Hall–Kier alpha value is -3.20. The molecule has 0 saturated carbocycles. The number of ether oxygens (including phenoxy) is 2. The molecule has 1 aromatic carbocycles. The van der Waals surface area contributed by atoms with Gasteiger partial charge in [0.05, 0.1) is 6.61 Å². The van der Waals surface area contributed by atoms with Gasteiger partial charge in [-0.3, -0.25) is 13.9 Å². The van der Waals surface area contributed by atoms with E-state index in [-0.39, 0.29) is 24.1 Å². The van der Waals surface area contributed by atoms with Crippen LogP contribution in [0.4, 0.5) is 0 Å². The fraction of sp³-hybridized carbons (Fsp3) is 0.414. The summed E-state index contributed by atoms with van der Waals surface area (Å²) in [5.41, 5.74) is 1.80. The van der Waals surface area contributed by atoms with Crippen LogP contribution in [-0.2, 0) is 29.1 Å². The summed E-state index contributed by atoms with van der Waals surface area (Å²) in [4.78, 5) is 32.1. The lowest BCUT2D eigenvalue weighted by Gasteiger charge is -2.22. The van der Waals surface area contributed by atoms with Crippen molar-refractivity contribution in [3.05, 3.63) is 92.4 Å². The van der Waals surface area contributed by atoms with Crippen LogP contribution in [0.2, 0.25) is 0 Å². The molecule has 1 aliphatic heterocycles. The number of hydrogen-bond acceptors (Lipinski definition) is 5. The molecule has 1 aliphatic rings. The highest BCUT2D eigenvalue weighted by atomic mass is 35.5. The van der Waals surface area contributed by atoms with Gasteiger partial charge in [0.1, 0.15) is 5.82 Å². The maximum atomic E-state index is 13.9. The van der Waals surface area contributed by atoms with E-state index in [1.54, 1.807) is 10.6 Å². The quantitative estimate of drug-likeness (QED) is 0.251. The highest BCUT2D eigenvalue weighted by Crippen LogP contribution is 2.23. The first kappa shape index (κ1) is 27.8. The molecule has 2 aromatic heterocycles. The van der Waals surface area contributed by atoms with Crippen LogP contribution >= 0.6 is 11.6 Å². The molecule has 1 fully saturated rings. The normalized spacial score (nSPS) is 16.5. The zero-order valence-corrected chi connectivity index (χ0v) is 22.8. The second-order valence-electron chi connectivity index (χ2n) is 9.21. The Morgan fingerprint density at radius 3 is 2.63 bits per heavy atom. The summed E-state index contributed by atoms with van der Waals surface area (Å²) in [6.07, 6.45) is 8.71. The van der Waals surface area contributed by atoms with E-state index < -0.39 is 0 Å². The molecule has 1 saturated heterocycles. The Bertz CT molecular complexity index is 1440. The minimum atomic E-state index is -0.374. The first-order valence-electron chi connectivity index (χ1n) is 13.1. The summed E-state index contributed by atoms with van der Waals surface area (Å²) in [6.45, 7) is 9.65. The molecule has 1 unspecified atom stereocenters. The molecular weight excluding hydrogens is 504 g/mol. The summed E-state index contributed by atoms with van der Waals surface area (Å²) in [7, 11) is 0. The third-order valence-corrected chi connectivity index (χ3v) is 6.72. The standard InChI is InChI=1S/C29H35ClN4O4/c1-4-23(16-15-21(3)30)26-31-27-25(34(26)20-22-12-7-6-8-13-22)28(35)33(29(36)32(27)5-2)17-11-19-38-24-14-9-10-18-37-24/h4,6-8,12-13,15-16,24H,3,5,9-11,14,17-20H2,1-2H3/b16-15-,23-4+. The van der Waals surface area contributed by atoms with Crippen LogP contribution in [-0.4, -0.2) is 38.2 Å². The molecule has 0 spiro atoms. The Kier molecular flexibility index (Phi) is 9.55. The van der Waals surface area contributed by atoms with Gasteiger partial charge >= 0.3 is 5.69 Å². The monoisotopic (exact) mass is 538 g/mol. The first-order valence-corrected chi connectivity index (χ1v) is 13.5. The number of halogens is 1. The molecule has 0 radical (unpaired) electrons. The summed E-state index contributed by atoms with van der Waals surface area (Å²) in [5, 5.41) is 0.378. The van der Waals surface area contributed by atoms with Crippen LogP contribution in [0.15, 0.2) is 69.8 Å². The van der Waals surface area contributed by atoms with E-state index in [1.165, 1.54) is 4.57 Å². The van der Waals surface area contributed by atoms with E-state index in [2.05, 4.69) is 6.58 Å². The Labute approximate surface area is 227 Å². The summed E-state index contributed by atoms with van der Waals surface area (Å²) in [5.74, 6) is 0.578. The second kappa shape index (κ2) is 13.0. The van der Waals surface area contributed by atoms with E-state index in [1.807, 2.05) is 60.9 Å². The minimum absolute atomic E-state index is 0.207. The number of fused-ring (bicyclic) bond motifs is 1. The molecule has 8 nitrogen and oxygen atoms in total. The molecule has 3 heterocycles. The van der Waals surface area contributed by atoms with E-state index in [9.17, 15) is 9.59 Å². The van der Waals surface area contributed by atoms with Crippen LogP contribution in [0.5, 0.6) is 0 Å². The van der Waals surface area contributed by atoms with Gasteiger partial charge in [-0.25, -0.2) is 9.78 Å². The number of rotatable bonds is 11. The summed E-state index contributed by atoms with van der Waals surface area (Å²) in [6, 6.07) is 9.86. The number of nitrogens with zero attached hydrogens (tertiary/aromatic N) is 4. The van der Waals surface area contributed by atoms with Crippen molar-refractivity contribution in [2.75, 3.05) is 13.2 Å². The molecule has 202 valence electrons. The van der Waals surface area contributed by atoms with Gasteiger partial charge in [-0.2, -0.15) is 0 Å². The van der Waals surface area contributed by atoms with Gasteiger partial charge in [-0.1, -0.05) is 60.7 Å². The highest BCUT2D eigenvalue weighted by molar-refractivity contribution is 6.30. The van der Waals surface area contributed by atoms with Crippen molar-refractivity contribution in [1.82, 2.24) is 18.7 Å². The lowest BCUT2D eigenvalue weighted by atomic mass is 10.2. The van der Waals surface area contributed by atoms with Crippen LogP contribution in [0.25, 0.3) is 16.7 Å². The van der Waals surface area contributed by atoms with Gasteiger partial charge < -0.3 is 14.0 Å². The first-order chi connectivity index (χ1) is 18.4. The number of aryl methyl sites for hydroxylation is 1. The van der Waals surface area contributed by atoms with Gasteiger partial charge in [0, 0.05) is 36.8 Å². The van der Waals surface area contributed by atoms with Crippen molar-refractivity contribution >= 4 is 28.3 Å². The molecule has 0 amide bonds. The average Bonchev–Trinajstić information content (AvgIpc) is 3.28. The molecule has 0 bridgehead atoms. The average molecular weight is 539 g/mol. The molecule has 0 N–H and O–H groups in total.